The zero-order chi connectivity index (χ0) is 17.0. The molecular weight excluding hydrogens is 300 g/mol. The minimum atomic E-state index is -1.05. The number of nitrogens with two attached hydrogens (primary N) is 1. The molecule has 3 rings (SSSR count). The number of piperazine rings is 1. The molecule has 0 aromatic heterocycles. The van der Waals surface area contributed by atoms with E-state index in [-0.39, 0.29) is 5.96 Å². The summed E-state index contributed by atoms with van der Waals surface area (Å²) in [7, 11) is 0. The summed E-state index contributed by atoms with van der Waals surface area (Å²) in [6, 6.07) is 19.6. The highest BCUT2D eigenvalue weighted by Crippen LogP contribution is 2.30. The van der Waals surface area contributed by atoms with Crippen LogP contribution in [0, 0.1) is 5.41 Å². The van der Waals surface area contributed by atoms with Crippen LogP contribution < -0.4 is 5.73 Å². The van der Waals surface area contributed by atoms with Crippen molar-refractivity contribution in [3.8, 4) is 0 Å². The summed E-state index contributed by atoms with van der Waals surface area (Å²) < 4.78 is 0. The third kappa shape index (κ3) is 3.42. The predicted octanol–water partition coefficient (Wildman–Crippen LogP) is 1.43. The lowest BCUT2D eigenvalue weighted by Gasteiger charge is -2.40. The SMILES string of the molecule is N=C(N)N1CCN(CC(O)(c2ccccc2)c2ccccc2)CC1. The topological polar surface area (TPSA) is 76.6 Å². The third-order valence-corrected chi connectivity index (χ3v) is 4.67. The molecule has 0 saturated carbocycles. The Hall–Kier alpha value is -2.37. The highest BCUT2D eigenvalue weighted by atomic mass is 16.3. The van der Waals surface area contributed by atoms with E-state index < -0.39 is 5.60 Å². The van der Waals surface area contributed by atoms with Crippen LogP contribution >= 0.6 is 0 Å². The van der Waals surface area contributed by atoms with E-state index in [1.807, 2.05) is 65.6 Å². The first-order valence-corrected chi connectivity index (χ1v) is 8.24. The van der Waals surface area contributed by atoms with Crippen LogP contribution in [0.2, 0.25) is 0 Å². The van der Waals surface area contributed by atoms with Crippen LogP contribution in [0.25, 0.3) is 0 Å². The summed E-state index contributed by atoms with van der Waals surface area (Å²) in [5.41, 5.74) is 6.30. The molecule has 1 aliphatic heterocycles. The summed E-state index contributed by atoms with van der Waals surface area (Å²) in [6.07, 6.45) is 0. The quantitative estimate of drug-likeness (QED) is 0.587. The number of guanidine groups is 1. The molecule has 1 heterocycles. The maximum absolute atomic E-state index is 11.6. The van der Waals surface area contributed by atoms with Gasteiger partial charge in [-0.05, 0) is 11.1 Å². The maximum atomic E-state index is 11.6. The van der Waals surface area contributed by atoms with E-state index in [1.54, 1.807) is 0 Å². The van der Waals surface area contributed by atoms with E-state index in [1.165, 1.54) is 0 Å². The molecule has 0 amide bonds. The molecule has 126 valence electrons. The Labute approximate surface area is 142 Å². The smallest absolute Gasteiger partial charge is 0.188 e. The average molecular weight is 324 g/mol. The van der Waals surface area contributed by atoms with Gasteiger partial charge in [-0.25, -0.2) is 0 Å². The molecule has 0 unspecified atom stereocenters. The van der Waals surface area contributed by atoms with Gasteiger partial charge in [0.2, 0.25) is 0 Å². The number of rotatable bonds is 4. The van der Waals surface area contributed by atoms with Crippen molar-refractivity contribution in [2.75, 3.05) is 32.7 Å². The van der Waals surface area contributed by atoms with Crippen LogP contribution in [-0.2, 0) is 5.60 Å². The molecule has 1 saturated heterocycles. The van der Waals surface area contributed by atoms with Gasteiger partial charge in [-0.2, -0.15) is 0 Å². The molecule has 2 aromatic rings. The van der Waals surface area contributed by atoms with E-state index in [0.29, 0.717) is 6.54 Å². The average Bonchev–Trinajstić information content (AvgIpc) is 2.63. The maximum Gasteiger partial charge on any atom is 0.188 e. The number of hydrogen-bond donors (Lipinski definition) is 3. The number of hydrogen-bond acceptors (Lipinski definition) is 3. The van der Waals surface area contributed by atoms with Crippen molar-refractivity contribution >= 4 is 5.96 Å². The molecule has 0 spiro atoms. The van der Waals surface area contributed by atoms with Gasteiger partial charge in [0.1, 0.15) is 5.60 Å². The molecule has 0 atom stereocenters. The fraction of sp³-hybridized carbons (Fsp3) is 0.316. The van der Waals surface area contributed by atoms with Crippen LogP contribution in [0.5, 0.6) is 0 Å². The summed E-state index contributed by atoms with van der Waals surface area (Å²) in [5.74, 6) is 0.121. The van der Waals surface area contributed by atoms with Gasteiger partial charge in [-0.3, -0.25) is 10.3 Å². The van der Waals surface area contributed by atoms with E-state index in [4.69, 9.17) is 11.1 Å². The Morgan fingerprint density at radius 1 is 0.917 bits per heavy atom. The van der Waals surface area contributed by atoms with Crippen LogP contribution in [0.1, 0.15) is 11.1 Å². The number of nitrogens with zero attached hydrogens (tertiary/aromatic N) is 2. The Balaban J connectivity index is 1.83. The minimum absolute atomic E-state index is 0.121. The molecule has 24 heavy (non-hydrogen) atoms. The highest BCUT2D eigenvalue weighted by molar-refractivity contribution is 5.74. The summed E-state index contributed by atoms with van der Waals surface area (Å²) >= 11 is 0. The molecule has 4 N–H and O–H groups in total. The highest BCUT2D eigenvalue weighted by Gasteiger charge is 2.34. The fourth-order valence-electron chi connectivity index (χ4n) is 3.25. The van der Waals surface area contributed by atoms with Gasteiger partial charge in [0.15, 0.2) is 5.96 Å². The molecule has 5 heteroatoms. The second-order valence-electron chi connectivity index (χ2n) is 6.24. The van der Waals surface area contributed by atoms with Crippen molar-refractivity contribution in [1.82, 2.24) is 9.80 Å². The molecule has 0 radical (unpaired) electrons. The van der Waals surface area contributed by atoms with Gasteiger partial charge in [-0.1, -0.05) is 60.7 Å². The predicted molar refractivity (Wildman–Crippen MR) is 95.8 cm³/mol. The second-order valence-corrected chi connectivity index (χ2v) is 6.24. The van der Waals surface area contributed by atoms with Crippen molar-refractivity contribution in [3.63, 3.8) is 0 Å². The van der Waals surface area contributed by atoms with Crippen LogP contribution in [0.15, 0.2) is 60.7 Å². The minimum Gasteiger partial charge on any atom is -0.379 e. The standard InChI is InChI=1S/C19H24N4O/c20-18(21)23-13-11-22(12-14-23)15-19(24,16-7-3-1-4-8-16)17-9-5-2-6-10-17/h1-10,24H,11-15H2,(H3,20,21). The first-order chi connectivity index (χ1) is 11.6. The number of aliphatic hydroxyl groups is 1. The molecule has 1 fully saturated rings. The Morgan fingerprint density at radius 3 is 1.79 bits per heavy atom. The van der Waals surface area contributed by atoms with E-state index in [9.17, 15) is 5.11 Å². The van der Waals surface area contributed by atoms with Crippen LogP contribution in [0.4, 0.5) is 0 Å². The fourth-order valence-corrected chi connectivity index (χ4v) is 3.25. The lowest BCUT2D eigenvalue weighted by Crippen LogP contribution is -2.54. The summed E-state index contributed by atoms with van der Waals surface area (Å²) in [5, 5.41) is 19.1. The number of β-amino-alcohol motifs (C(OH)–C–C–N with tert-alkyl or cyclic N) is 1. The molecule has 0 bridgehead atoms. The Morgan fingerprint density at radius 2 is 1.38 bits per heavy atom. The molecule has 0 aliphatic carbocycles. The first kappa shape index (κ1) is 16.5. The van der Waals surface area contributed by atoms with Gasteiger partial charge in [-0.15, -0.1) is 0 Å². The number of nitrogens with one attached hydrogen (secondary N) is 1. The van der Waals surface area contributed by atoms with Gasteiger partial charge in [0.25, 0.3) is 0 Å². The van der Waals surface area contributed by atoms with Crippen molar-refractivity contribution in [2.45, 2.75) is 5.60 Å². The van der Waals surface area contributed by atoms with Crippen LogP contribution in [-0.4, -0.2) is 53.6 Å². The van der Waals surface area contributed by atoms with E-state index >= 15 is 0 Å². The van der Waals surface area contributed by atoms with Crippen molar-refractivity contribution < 1.29 is 5.11 Å². The lowest BCUT2D eigenvalue weighted by atomic mass is 9.85. The van der Waals surface area contributed by atoms with Crippen molar-refractivity contribution in [1.29, 1.82) is 5.41 Å². The first-order valence-electron chi connectivity index (χ1n) is 8.24. The summed E-state index contributed by atoms with van der Waals surface area (Å²) in [6.45, 7) is 3.51. The van der Waals surface area contributed by atoms with Gasteiger partial charge < -0.3 is 15.7 Å². The molecule has 5 nitrogen and oxygen atoms in total. The normalized spacial score (nSPS) is 16.1. The Bertz CT molecular complexity index is 627. The molecule has 1 aliphatic rings. The molecular formula is C19H24N4O. The van der Waals surface area contributed by atoms with Crippen LogP contribution in [0.3, 0.4) is 0 Å². The lowest BCUT2D eigenvalue weighted by molar-refractivity contribution is 0.0241. The van der Waals surface area contributed by atoms with Crippen molar-refractivity contribution in [2.24, 2.45) is 5.73 Å². The summed E-state index contributed by atoms with van der Waals surface area (Å²) in [4.78, 5) is 4.10. The number of benzene rings is 2. The van der Waals surface area contributed by atoms with Gasteiger partial charge >= 0.3 is 0 Å². The zero-order valence-electron chi connectivity index (χ0n) is 13.7. The van der Waals surface area contributed by atoms with Gasteiger partial charge in [0.05, 0.1) is 0 Å². The largest absolute Gasteiger partial charge is 0.379 e. The van der Waals surface area contributed by atoms with Crippen molar-refractivity contribution in [3.05, 3.63) is 71.8 Å². The monoisotopic (exact) mass is 324 g/mol. The van der Waals surface area contributed by atoms with E-state index in [0.717, 1.165) is 37.3 Å². The molecule has 2 aromatic carbocycles. The zero-order valence-corrected chi connectivity index (χ0v) is 13.7. The van der Waals surface area contributed by atoms with Gasteiger partial charge in [0, 0.05) is 32.7 Å². The second kappa shape index (κ2) is 7.03. The third-order valence-electron chi connectivity index (χ3n) is 4.67. The Kier molecular flexibility index (Phi) is 4.83. The van der Waals surface area contributed by atoms with E-state index in [2.05, 4.69) is 4.90 Å².